The molecular weight excluding hydrogens is 308 g/mol. The first-order chi connectivity index (χ1) is 11.3. The monoisotopic (exact) mass is 324 g/mol. The van der Waals surface area contributed by atoms with Crippen LogP contribution in [-0.2, 0) is 0 Å². The minimum Gasteiger partial charge on any atom is -0.424 e. The van der Waals surface area contributed by atoms with Crippen LogP contribution < -0.4 is 21.7 Å². The van der Waals surface area contributed by atoms with Gasteiger partial charge in [-0.05, 0) is 37.5 Å². The Hall–Kier alpha value is -3.27. The van der Waals surface area contributed by atoms with E-state index in [-0.39, 0.29) is 22.9 Å². The molecule has 1 aliphatic rings. The fraction of sp³-hybridized carbons (Fsp3) is 0.235. The fourth-order valence-electron chi connectivity index (χ4n) is 3.32. The normalized spacial score (nSPS) is 16.3. The average Bonchev–Trinajstić information content (AvgIpc) is 2.45. The van der Waals surface area contributed by atoms with E-state index in [0.717, 1.165) is 22.3 Å². The molecule has 0 amide bonds. The first-order valence-corrected chi connectivity index (χ1v) is 7.35. The molecule has 0 fully saturated rings. The number of nitrogens with two attached hydrogens (primary N) is 1. The topological polar surface area (TPSA) is 125 Å². The zero-order chi connectivity index (χ0) is 17.6. The summed E-state index contributed by atoms with van der Waals surface area (Å²) >= 11 is 0. The lowest BCUT2D eigenvalue weighted by atomic mass is 9.80. The van der Waals surface area contributed by atoms with Gasteiger partial charge in [0.2, 0.25) is 11.8 Å². The van der Waals surface area contributed by atoms with Gasteiger partial charge in [0.05, 0.1) is 11.5 Å². The zero-order valence-electron chi connectivity index (χ0n) is 13.5. The van der Waals surface area contributed by atoms with E-state index in [4.69, 9.17) is 10.5 Å². The van der Waals surface area contributed by atoms with E-state index in [2.05, 4.69) is 9.97 Å². The number of aromatic nitrogens is 2. The van der Waals surface area contributed by atoms with E-state index in [1.165, 1.54) is 0 Å². The van der Waals surface area contributed by atoms with Crippen LogP contribution in [-0.4, -0.2) is 9.97 Å². The lowest BCUT2D eigenvalue weighted by Crippen LogP contribution is -2.33. The van der Waals surface area contributed by atoms with E-state index >= 15 is 0 Å². The van der Waals surface area contributed by atoms with Crippen molar-refractivity contribution in [3.05, 3.63) is 72.2 Å². The van der Waals surface area contributed by atoms with Crippen molar-refractivity contribution >= 4 is 0 Å². The second kappa shape index (κ2) is 5.42. The standard InChI is InChI=1S/C17H16N4O3/c1-7-4-8(2)11(9(3)5-7)12-10(6-18)14(19)24-16-13(12)15(22)20-17(23)21-16/h4-5,12H,19H2,1-3H3,(H2,20,21,22,23). The molecule has 1 aliphatic heterocycles. The molecule has 0 saturated heterocycles. The Balaban J connectivity index is 2.41. The van der Waals surface area contributed by atoms with Gasteiger partial charge in [0.15, 0.2) is 0 Å². The summed E-state index contributed by atoms with van der Waals surface area (Å²) in [5, 5.41) is 9.55. The van der Waals surface area contributed by atoms with E-state index < -0.39 is 17.2 Å². The highest BCUT2D eigenvalue weighted by Crippen LogP contribution is 2.41. The molecule has 3 rings (SSSR count). The number of benzene rings is 1. The summed E-state index contributed by atoms with van der Waals surface area (Å²) in [6.45, 7) is 5.80. The number of aryl methyl sites for hydroxylation is 3. The van der Waals surface area contributed by atoms with Crippen LogP contribution in [0.1, 0.15) is 33.7 Å². The number of nitrogens with zero attached hydrogens (tertiary/aromatic N) is 1. The molecule has 2 aromatic rings. The van der Waals surface area contributed by atoms with Crippen molar-refractivity contribution in [2.75, 3.05) is 0 Å². The number of rotatable bonds is 1. The Morgan fingerprint density at radius 1 is 1.12 bits per heavy atom. The van der Waals surface area contributed by atoms with E-state index in [1.54, 1.807) is 0 Å². The predicted octanol–water partition coefficient (Wildman–Crippen LogP) is 1.21. The van der Waals surface area contributed by atoms with Crippen molar-refractivity contribution in [1.29, 1.82) is 5.26 Å². The van der Waals surface area contributed by atoms with Crippen LogP contribution in [0.2, 0.25) is 0 Å². The molecule has 2 heterocycles. The van der Waals surface area contributed by atoms with Crippen LogP contribution in [0.25, 0.3) is 0 Å². The van der Waals surface area contributed by atoms with Crippen molar-refractivity contribution < 1.29 is 4.74 Å². The number of nitrogens with one attached hydrogen (secondary N) is 2. The van der Waals surface area contributed by atoms with Gasteiger partial charge in [0, 0.05) is 0 Å². The Morgan fingerprint density at radius 2 is 1.75 bits per heavy atom. The molecule has 1 atom stereocenters. The van der Waals surface area contributed by atoms with Crippen LogP contribution in [0.5, 0.6) is 5.88 Å². The predicted molar refractivity (Wildman–Crippen MR) is 87.6 cm³/mol. The molecule has 4 N–H and O–H groups in total. The van der Waals surface area contributed by atoms with Gasteiger partial charge in [-0.1, -0.05) is 17.7 Å². The largest absolute Gasteiger partial charge is 0.424 e. The van der Waals surface area contributed by atoms with Gasteiger partial charge in [0.1, 0.15) is 11.6 Å². The third-order valence-electron chi connectivity index (χ3n) is 4.15. The molecule has 1 unspecified atom stereocenters. The SMILES string of the molecule is Cc1cc(C)c(C2C(C#N)=C(N)Oc3[nH]c(=O)[nH]c(=O)c32)c(C)c1. The molecule has 0 bridgehead atoms. The maximum atomic E-state index is 12.4. The Kier molecular flexibility index (Phi) is 3.53. The molecule has 0 saturated carbocycles. The molecule has 0 aliphatic carbocycles. The first kappa shape index (κ1) is 15.6. The minimum absolute atomic E-state index is 0.0235. The number of hydrogen-bond acceptors (Lipinski definition) is 5. The van der Waals surface area contributed by atoms with Gasteiger partial charge in [-0.25, -0.2) is 4.79 Å². The summed E-state index contributed by atoms with van der Waals surface area (Å²) in [6.07, 6.45) is 0. The maximum Gasteiger partial charge on any atom is 0.328 e. The Morgan fingerprint density at radius 3 is 2.33 bits per heavy atom. The summed E-state index contributed by atoms with van der Waals surface area (Å²) in [5.41, 5.74) is 8.64. The number of allylic oxidation sites excluding steroid dienone is 1. The van der Waals surface area contributed by atoms with Gasteiger partial charge in [0.25, 0.3) is 5.56 Å². The van der Waals surface area contributed by atoms with E-state index in [1.807, 2.05) is 39.0 Å². The minimum atomic E-state index is -0.694. The van der Waals surface area contributed by atoms with Crippen LogP contribution in [0.3, 0.4) is 0 Å². The molecule has 122 valence electrons. The summed E-state index contributed by atoms with van der Waals surface area (Å²) in [6, 6.07) is 5.99. The Labute approximate surface area is 137 Å². The third-order valence-corrected chi connectivity index (χ3v) is 4.15. The van der Waals surface area contributed by atoms with Crippen LogP contribution in [0.15, 0.2) is 33.2 Å². The molecule has 1 aromatic heterocycles. The number of ether oxygens (including phenoxy) is 1. The van der Waals surface area contributed by atoms with E-state index in [9.17, 15) is 14.9 Å². The number of fused-ring (bicyclic) bond motifs is 1. The molecule has 0 radical (unpaired) electrons. The molecule has 7 nitrogen and oxygen atoms in total. The summed E-state index contributed by atoms with van der Waals surface area (Å²) in [4.78, 5) is 28.6. The lowest BCUT2D eigenvalue weighted by molar-refractivity contribution is 0.373. The molecule has 7 heteroatoms. The number of aromatic amines is 2. The lowest BCUT2D eigenvalue weighted by Gasteiger charge is -2.27. The number of hydrogen-bond donors (Lipinski definition) is 3. The Bertz CT molecular complexity index is 1010. The van der Waals surface area contributed by atoms with Gasteiger partial charge >= 0.3 is 5.69 Å². The van der Waals surface area contributed by atoms with Crippen molar-refractivity contribution in [2.45, 2.75) is 26.7 Å². The summed E-state index contributed by atoms with van der Waals surface area (Å²) in [7, 11) is 0. The zero-order valence-corrected chi connectivity index (χ0v) is 13.5. The van der Waals surface area contributed by atoms with Crippen LogP contribution >= 0.6 is 0 Å². The first-order valence-electron chi connectivity index (χ1n) is 7.35. The van der Waals surface area contributed by atoms with Crippen molar-refractivity contribution in [3.8, 4) is 11.9 Å². The number of H-pyrrole nitrogens is 2. The van der Waals surface area contributed by atoms with Gasteiger partial charge in [-0.3, -0.25) is 14.8 Å². The van der Waals surface area contributed by atoms with Gasteiger partial charge < -0.3 is 10.5 Å². The second-order valence-electron chi connectivity index (χ2n) is 5.89. The van der Waals surface area contributed by atoms with Gasteiger partial charge in [-0.15, -0.1) is 0 Å². The molecule has 24 heavy (non-hydrogen) atoms. The number of nitriles is 1. The fourth-order valence-corrected chi connectivity index (χ4v) is 3.32. The van der Waals surface area contributed by atoms with Crippen LogP contribution in [0, 0.1) is 32.1 Å². The molecular formula is C17H16N4O3. The van der Waals surface area contributed by atoms with Crippen molar-refractivity contribution in [1.82, 2.24) is 9.97 Å². The summed E-state index contributed by atoms with van der Waals surface area (Å²) < 4.78 is 5.31. The van der Waals surface area contributed by atoms with Gasteiger partial charge in [-0.2, -0.15) is 5.26 Å². The van der Waals surface area contributed by atoms with Crippen molar-refractivity contribution in [2.24, 2.45) is 5.73 Å². The van der Waals surface area contributed by atoms with Crippen LogP contribution in [0.4, 0.5) is 0 Å². The average molecular weight is 324 g/mol. The second-order valence-corrected chi connectivity index (χ2v) is 5.89. The molecule has 1 aromatic carbocycles. The highest BCUT2D eigenvalue weighted by molar-refractivity contribution is 5.56. The van der Waals surface area contributed by atoms with E-state index in [0.29, 0.717) is 0 Å². The third kappa shape index (κ3) is 2.29. The summed E-state index contributed by atoms with van der Waals surface area (Å²) in [5.74, 6) is -0.833. The highest BCUT2D eigenvalue weighted by atomic mass is 16.5. The maximum absolute atomic E-state index is 12.4. The quantitative estimate of drug-likeness (QED) is 0.727. The molecule has 0 spiro atoms. The smallest absolute Gasteiger partial charge is 0.328 e. The highest BCUT2D eigenvalue weighted by Gasteiger charge is 2.35. The van der Waals surface area contributed by atoms with Crippen molar-refractivity contribution in [3.63, 3.8) is 0 Å².